The molecule has 0 N–H and O–H groups in total. The van der Waals surface area contributed by atoms with E-state index in [1.807, 2.05) is 25.3 Å². The van der Waals surface area contributed by atoms with Crippen LogP contribution in [0.25, 0.3) is 0 Å². The van der Waals surface area contributed by atoms with E-state index in [-0.39, 0.29) is 5.92 Å². The van der Waals surface area contributed by atoms with Crippen molar-refractivity contribution in [2.45, 2.75) is 50.9 Å². The summed E-state index contributed by atoms with van der Waals surface area (Å²) in [7, 11) is 1.64. The summed E-state index contributed by atoms with van der Waals surface area (Å²) in [6.45, 7) is 2.48. The lowest BCUT2D eigenvalue weighted by molar-refractivity contribution is -0.120. The van der Waals surface area contributed by atoms with Gasteiger partial charge in [0.2, 0.25) is 5.88 Å². The van der Waals surface area contributed by atoms with E-state index in [9.17, 15) is 4.79 Å². The summed E-state index contributed by atoms with van der Waals surface area (Å²) in [5, 5.41) is 0. The normalized spacial score (nSPS) is 24.5. The number of carbonyl (C=O) groups is 1. The Balaban J connectivity index is 1.41. The largest absolute Gasteiger partial charge is 0.495 e. The fraction of sp³-hybridized carbons (Fsp3) is 0.524. The Hall–Kier alpha value is -2.50. The molecule has 3 atom stereocenters. The predicted octanol–water partition coefficient (Wildman–Crippen LogP) is 3.60. The van der Waals surface area contributed by atoms with Crippen molar-refractivity contribution in [1.29, 1.82) is 0 Å². The molecule has 0 radical (unpaired) electrons. The van der Waals surface area contributed by atoms with Crippen molar-refractivity contribution in [1.82, 2.24) is 15.0 Å². The molecule has 142 valence electrons. The van der Waals surface area contributed by atoms with Gasteiger partial charge < -0.3 is 9.47 Å². The average molecular weight is 367 g/mol. The molecular weight excluding hydrogens is 342 g/mol. The highest BCUT2D eigenvalue weighted by Crippen LogP contribution is 2.47. The molecule has 0 aromatic carbocycles. The summed E-state index contributed by atoms with van der Waals surface area (Å²) in [6, 6.07) is 3.97. The molecule has 6 heteroatoms. The standard InChI is InChI=1S/C21H25N3O3/c1-13-22-11-19(14-4-3-5-16(25)8-14)21(24-13)27-12-15-9-18(15)20-7-6-17(26-2)10-23-20/h6-7,10-11,14-15,18H,3-5,8-9,12H2,1-2H3/t14?,15?,18-/m1/s1. The van der Waals surface area contributed by atoms with Crippen LogP contribution in [-0.4, -0.2) is 34.5 Å². The average Bonchev–Trinajstić information content (AvgIpc) is 3.46. The van der Waals surface area contributed by atoms with Gasteiger partial charge in [-0.15, -0.1) is 0 Å². The highest BCUT2D eigenvalue weighted by molar-refractivity contribution is 5.80. The van der Waals surface area contributed by atoms with Crippen LogP contribution in [0.3, 0.4) is 0 Å². The highest BCUT2D eigenvalue weighted by Gasteiger charge is 2.40. The minimum absolute atomic E-state index is 0.181. The molecule has 0 amide bonds. The molecule has 0 saturated heterocycles. The van der Waals surface area contributed by atoms with Crippen LogP contribution in [0, 0.1) is 12.8 Å². The first-order valence-corrected chi connectivity index (χ1v) is 9.62. The smallest absolute Gasteiger partial charge is 0.220 e. The van der Waals surface area contributed by atoms with Gasteiger partial charge >= 0.3 is 0 Å². The molecule has 2 fully saturated rings. The lowest BCUT2D eigenvalue weighted by Gasteiger charge is -2.22. The van der Waals surface area contributed by atoms with E-state index >= 15 is 0 Å². The Labute approximate surface area is 159 Å². The summed E-state index contributed by atoms with van der Waals surface area (Å²) >= 11 is 0. The van der Waals surface area contributed by atoms with E-state index < -0.39 is 0 Å². The highest BCUT2D eigenvalue weighted by atomic mass is 16.5. The van der Waals surface area contributed by atoms with Gasteiger partial charge in [0.1, 0.15) is 17.4 Å². The Morgan fingerprint density at radius 1 is 1.22 bits per heavy atom. The van der Waals surface area contributed by atoms with Crippen LogP contribution in [0.5, 0.6) is 11.6 Å². The number of hydrogen-bond acceptors (Lipinski definition) is 6. The molecule has 2 aliphatic rings. The summed E-state index contributed by atoms with van der Waals surface area (Å²) < 4.78 is 11.3. The van der Waals surface area contributed by atoms with Crippen molar-refractivity contribution in [2.24, 2.45) is 5.92 Å². The van der Waals surface area contributed by atoms with E-state index in [0.717, 1.165) is 36.3 Å². The summed E-state index contributed by atoms with van der Waals surface area (Å²) in [5.74, 6) is 3.50. The summed E-state index contributed by atoms with van der Waals surface area (Å²) in [4.78, 5) is 25.2. The lowest BCUT2D eigenvalue weighted by Crippen LogP contribution is -2.16. The third-order valence-corrected chi connectivity index (χ3v) is 5.55. The van der Waals surface area contributed by atoms with Gasteiger partial charge in [-0.25, -0.2) is 4.98 Å². The molecule has 2 aliphatic carbocycles. The SMILES string of the molecule is COc1ccc([C@@H]2CC2COc2nc(C)ncc2C2CCCC(=O)C2)nc1. The second kappa shape index (κ2) is 7.62. The Morgan fingerprint density at radius 2 is 2.11 bits per heavy atom. The van der Waals surface area contributed by atoms with E-state index in [1.54, 1.807) is 13.3 Å². The van der Waals surface area contributed by atoms with Gasteiger partial charge in [0, 0.05) is 42.1 Å². The van der Waals surface area contributed by atoms with Crippen molar-refractivity contribution < 1.29 is 14.3 Å². The molecule has 2 heterocycles. The van der Waals surface area contributed by atoms with Crippen molar-refractivity contribution in [3.63, 3.8) is 0 Å². The van der Waals surface area contributed by atoms with Crippen LogP contribution in [0.1, 0.15) is 61.0 Å². The first kappa shape index (κ1) is 17.9. The fourth-order valence-electron chi connectivity index (χ4n) is 3.86. The molecule has 2 unspecified atom stereocenters. The molecule has 0 spiro atoms. The molecule has 0 bridgehead atoms. The van der Waals surface area contributed by atoms with Gasteiger partial charge in [-0.1, -0.05) is 0 Å². The van der Waals surface area contributed by atoms with Crippen molar-refractivity contribution in [2.75, 3.05) is 13.7 Å². The number of rotatable bonds is 6. The molecule has 2 aromatic heterocycles. The maximum atomic E-state index is 11.8. The number of Topliss-reactive ketones (excluding diaryl/α,β-unsaturated/α-hetero) is 1. The summed E-state index contributed by atoms with van der Waals surface area (Å²) in [6.07, 6.45) is 7.87. The Bertz CT molecular complexity index is 822. The van der Waals surface area contributed by atoms with E-state index in [1.165, 1.54) is 0 Å². The number of pyridine rings is 1. The third-order valence-electron chi connectivity index (χ3n) is 5.55. The van der Waals surface area contributed by atoms with Crippen LogP contribution in [0.15, 0.2) is 24.5 Å². The quantitative estimate of drug-likeness (QED) is 0.777. The van der Waals surface area contributed by atoms with Crippen LogP contribution in [0.2, 0.25) is 0 Å². The minimum Gasteiger partial charge on any atom is -0.495 e. The van der Waals surface area contributed by atoms with Crippen LogP contribution >= 0.6 is 0 Å². The van der Waals surface area contributed by atoms with Crippen molar-refractivity contribution in [3.05, 3.63) is 41.6 Å². The van der Waals surface area contributed by atoms with Crippen LogP contribution < -0.4 is 9.47 Å². The van der Waals surface area contributed by atoms with Gasteiger partial charge in [-0.3, -0.25) is 9.78 Å². The number of hydrogen-bond donors (Lipinski definition) is 0. The maximum absolute atomic E-state index is 11.8. The van der Waals surface area contributed by atoms with E-state index in [0.29, 0.717) is 48.8 Å². The van der Waals surface area contributed by atoms with Gasteiger partial charge in [-0.05, 0) is 44.2 Å². The zero-order valence-corrected chi connectivity index (χ0v) is 15.9. The zero-order valence-electron chi connectivity index (χ0n) is 15.9. The number of carbonyl (C=O) groups excluding carboxylic acids is 1. The zero-order chi connectivity index (χ0) is 18.8. The second-order valence-electron chi connectivity index (χ2n) is 7.55. The number of ketones is 1. The van der Waals surface area contributed by atoms with Gasteiger partial charge in [-0.2, -0.15) is 4.98 Å². The number of nitrogens with zero attached hydrogens (tertiary/aromatic N) is 3. The molecule has 27 heavy (non-hydrogen) atoms. The van der Waals surface area contributed by atoms with Gasteiger partial charge in [0.05, 0.1) is 19.9 Å². The third kappa shape index (κ3) is 4.10. The number of aryl methyl sites for hydroxylation is 1. The predicted molar refractivity (Wildman–Crippen MR) is 100 cm³/mol. The van der Waals surface area contributed by atoms with Crippen molar-refractivity contribution >= 4 is 5.78 Å². The second-order valence-corrected chi connectivity index (χ2v) is 7.55. The maximum Gasteiger partial charge on any atom is 0.220 e. The van der Waals surface area contributed by atoms with Crippen LogP contribution in [0.4, 0.5) is 0 Å². The molecule has 0 aliphatic heterocycles. The molecule has 4 rings (SSSR count). The topological polar surface area (TPSA) is 74.2 Å². The first-order chi connectivity index (χ1) is 13.1. The minimum atomic E-state index is 0.181. The monoisotopic (exact) mass is 367 g/mol. The van der Waals surface area contributed by atoms with E-state index in [4.69, 9.17) is 9.47 Å². The molecule has 2 saturated carbocycles. The summed E-state index contributed by atoms with van der Waals surface area (Å²) in [5.41, 5.74) is 2.06. The van der Waals surface area contributed by atoms with E-state index in [2.05, 4.69) is 15.0 Å². The van der Waals surface area contributed by atoms with Gasteiger partial charge in [0.15, 0.2) is 0 Å². The molecular formula is C21H25N3O3. The Kier molecular flexibility index (Phi) is 5.05. The first-order valence-electron chi connectivity index (χ1n) is 9.62. The molecule has 6 nitrogen and oxygen atoms in total. The van der Waals surface area contributed by atoms with Gasteiger partial charge in [0.25, 0.3) is 0 Å². The lowest BCUT2D eigenvalue weighted by atomic mass is 9.84. The molecule has 2 aromatic rings. The number of methoxy groups -OCH3 is 1. The van der Waals surface area contributed by atoms with Crippen LogP contribution in [-0.2, 0) is 4.79 Å². The number of aromatic nitrogens is 3. The fourth-order valence-corrected chi connectivity index (χ4v) is 3.86. The van der Waals surface area contributed by atoms with Crippen molar-refractivity contribution in [3.8, 4) is 11.6 Å². The number of ether oxygens (including phenoxy) is 2. The Morgan fingerprint density at radius 3 is 2.85 bits per heavy atom.